The Bertz CT molecular complexity index is 706. The Morgan fingerprint density at radius 1 is 0.536 bits per heavy atom. The van der Waals surface area contributed by atoms with Crippen LogP contribution in [0.3, 0.4) is 0 Å². The van der Waals surface area contributed by atoms with Crippen LogP contribution in [0.1, 0.15) is 61.6 Å². The lowest BCUT2D eigenvalue weighted by Crippen LogP contribution is -2.29. The van der Waals surface area contributed by atoms with Gasteiger partial charge in [-0.2, -0.15) is 0 Å². The van der Waals surface area contributed by atoms with Gasteiger partial charge in [-0.05, 0) is 36.0 Å². The van der Waals surface area contributed by atoms with Gasteiger partial charge in [0.2, 0.25) is 0 Å². The van der Waals surface area contributed by atoms with E-state index >= 15 is 0 Å². The number of unbranched alkanes of at least 4 members (excludes halogenated alkanes) is 5. The summed E-state index contributed by atoms with van der Waals surface area (Å²) < 4.78 is 0. The van der Waals surface area contributed by atoms with Crippen molar-refractivity contribution in [2.24, 2.45) is 0 Å². The zero-order chi connectivity index (χ0) is 19.5. The maximum absolute atomic E-state index is 3.83. The first kappa shape index (κ1) is 20.1. The minimum atomic E-state index is -0.0924. The molecule has 0 N–H and O–H groups in total. The molecule has 0 spiro atoms. The van der Waals surface area contributed by atoms with E-state index in [4.69, 9.17) is 0 Å². The molecule has 0 heterocycles. The molecule has 0 amide bonds. The molecule has 0 radical (unpaired) electrons. The zero-order valence-corrected chi connectivity index (χ0v) is 16.9. The molecule has 0 aliphatic heterocycles. The molecule has 0 nitrogen and oxygen atoms in total. The second-order valence-corrected chi connectivity index (χ2v) is 7.60. The summed E-state index contributed by atoms with van der Waals surface area (Å²) >= 11 is 0. The van der Waals surface area contributed by atoms with E-state index in [1.165, 1.54) is 48.8 Å². The Hall–Kier alpha value is -2.60. The van der Waals surface area contributed by atoms with E-state index in [1.807, 2.05) is 6.08 Å². The summed E-state index contributed by atoms with van der Waals surface area (Å²) in [6, 6.07) is 33.2. The normalized spacial score (nSPS) is 11.3. The predicted molar refractivity (Wildman–Crippen MR) is 122 cm³/mol. The van der Waals surface area contributed by atoms with Gasteiger partial charge in [0, 0.05) is 5.41 Å². The Balaban J connectivity index is 1.92. The second-order valence-electron chi connectivity index (χ2n) is 7.60. The van der Waals surface area contributed by atoms with Crippen LogP contribution in [0.5, 0.6) is 0 Å². The lowest BCUT2D eigenvalue weighted by Gasteiger charge is -2.36. The molecule has 0 saturated carbocycles. The summed E-state index contributed by atoms with van der Waals surface area (Å²) in [5.74, 6) is 0. The van der Waals surface area contributed by atoms with Gasteiger partial charge in [-0.15, -0.1) is 6.58 Å². The second kappa shape index (κ2) is 10.7. The number of rotatable bonds is 11. The fourth-order valence-corrected chi connectivity index (χ4v) is 4.31. The lowest BCUT2D eigenvalue weighted by atomic mass is 9.66. The van der Waals surface area contributed by atoms with Crippen molar-refractivity contribution in [3.8, 4) is 0 Å². The van der Waals surface area contributed by atoms with Crippen molar-refractivity contribution < 1.29 is 0 Å². The van der Waals surface area contributed by atoms with Crippen molar-refractivity contribution in [1.82, 2.24) is 0 Å². The van der Waals surface area contributed by atoms with Crippen molar-refractivity contribution in [2.75, 3.05) is 0 Å². The van der Waals surface area contributed by atoms with Gasteiger partial charge in [0.25, 0.3) is 0 Å². The monoisotopic (exact) mass is 368 g/mol. The molecule has 0 aromatic heterocycles. The third-order valence-electron chi connectivity index (χ3n) is 5.76. The van der Waals surface area contributed by atoms with Crippen LogP contribution in [0.15, 0.2) is 104 Å². The number of allylic oxidation sites excluding steroid dienone is 1. The van der Waals surface area contributed by atoms with Crippen LogP contribution in [0.25, 0.3) is 0 Å². The van der Waals surface area contributed by atoms with E-state index in [9.17, 15) is 0 Å². The SMILES string of the molecule is C=CCCCCCCCC(c1ccccc1)(c1ccccc1)c1ccccc1. The molecule has 0 heteroatoms. The van der Waals surface area contributed by atoms with E-state index in [2.05, 4.69) is 97.6 Å². The highest BCUT2D eigenvalue weighted by Crippen LogP contribution is 2.43. The molecule has 28 heavy (non-hydrogen) atoms. The summed E-state index contributed by atoms with van der Waals surface area (Å²) in [6.07, 6.45) is 10.7. The Kier molecular flexibility index (Phi) is 7.67. The van der Waals surface area contributed by atoms with E-state index in [-0.39, 0.29) is 5.41 Å². The van der Waals surface area contributed by atoms with Crippen LogP contribution in [0, 0.1) is 0 Å². The molecule has 0 fully saturated rings. The lowest BCUT2D eigenvalue weighted by molar-refractivity contribution is 0.500. The third-order valence-corrected chi connectivity index (χ3v) is 5.76. The molecule has 3 aromatic carbocycles. The largest absolute Gasteiger partial charge is 0.103 e. The molecule has 3 aromatic rings. The molecule has 0 aliphatic carbocycles. The molecular weight excluding hydrogens is 336 g/mol. The summed E-state index contributed by atoms with van der Waals surface area (Å²) in [7, 11) is 0. The zero-order valence-electron chi connectivity index (χ0n) is 16.9. The van der Waals surface area contributed by atoms with Gasteiger partial charge in [-0.25, -0.2) is 0 Å². The van der Waals surface area contributed by atoms with Crippen LogP contribution in [-0.2, 0) is 5.41 Å². The van der Waals surface area contributed by atoms with E-state index < -0.39 is 0 Å². The van der Waals surface area contributed by atoms with Gasteiger partial charge in [-0.1, -0.05) is 123 Å². The maximum Gasteiger partial charge on any atom is 0.0451 e. The molecule has 0 bridgehead atoms. The average Bonchev–Trinajstić information content (AvgIpc) is 2.78. The van der Waals surface area contributed by atoms with Gasteiger partial charge in [-0.3, -0.25) is 0 Å². The standard InChI is InChI=1S/C28H32/c1-2-3-4-5-6-7-17-24-28(25-18-11-8-12-19-25,26-20-13-9-14-21-26)27-22-15-10-16-23-27/h2,8-16,18-23H,1,3-7,17,24H2. The van der Waals surface area contributed by atoms with Crippen molar-refractivity contribution in [3.05, 3.63) is 120 Å². The fourth-order valence-electron chi connectivity index (χ4n) is 4.31. The van der Waals surface area contributed by atoms with Crippen LogP contribution in [-0.4, -0.2) is 0 Å². The van der Waals surface area contributed by atoms with Crippen molar-refractivity contribution in [3.63, 3.8) is 0 Å². The highest BCUT2D eigenvalue weighted by atomic mass is 14.4. The van der Waals surface area contributed by atoms with Gasteiger partial charge in [0.1, 0.15) is 0 Å². The first-order chi connectivity index (χ1) is 13.9. The van der Waals surface area contributed by atoms with Gasteiger partial charge in [0.05, 0.1) is 0 Å². The smallest absolute Gasteiger partial charge is 0.0451 e. The number of hydrogen-bond donors (Lipinski definition) is 0. The molecule has 3 rings (SSSR count). The summed E-state index contributed by atoms with van der Waals surface area (Å²) in [5.41, 5.74) is 4.07. The molecule has 144 valence electrons. The van der Waals surface area contributed by atoms with Gasteiger partial charge < -0.3 is 0 Å². The highest BCUT2D eigenvalue weighted by molar-refractivity contribution is 5.50. The number of hydrogen-bond acceptors (Lipinski definition) is 0. The molecular formula is C28H32. The number of benzene rings is 3. The van der Waals surface area contributed by atoms with Crippen molar-refractivity contribution >= 4 is 0 Å². The van der Waals surface area contributed by atoms with Gasteiger partial charge in [0.15, 0.2) is 0 Å². The topological polar surface area (TPSA) is 0 Å². The van der Waals surface area contributed by atoms with Gasteiger partial charge >= 0.3 is 0 Å². The van der Waals surface area contributed by atoms with E-state index in [0.717, 1.165) is 12.8 Å². The minimum Gasteiger partial charge on any atom is -0.103 e. The van der Waals surface area contributed by atoms with E-state index in [1.54, 1.807) is 0 Å². The van der Waals surface area contributed by atoms with Crippen molar-refractivity contribution in [1.29, 1.82) is 0 Å². The first-order valence-electron chi connectivity index (χ1n) is 10.7. The average molecular weight is 369 g/mol. The third kappa shape index (κ3) is 4.81. The molecule has 0 unspecified atom stereocenters. The quantitative estimate of drug-likeness (QED) is 0.183. The van der Waals surface area contributed by atoms with E-state index in [0.29, 0.717) is 0 Å². The van der Waals surface area contributed by atoms with Crippen LogP contribution >= 0.6 is 0 Å². The fraction of sp³-hybridized carbons (Fsp3) is 0.286. The molecule has 0 atom stereocenters. The molecule has 0 aliphatic rings. The molecule has 0 saturated heterocycles. The Morgan fingerprint density at radius 3 is 1.36 bits per heavy atom. The summed E-state index contributed by atoms with van der Waals surface area (Å²) in [4.78, 5) is 0. The highest BCUT2D eigenvalue weighted by Gasteiger charge is 2.35. The minimum absolute atomic E-state index is 0.0924. The van der Waals surface area contributed by atoms with Crippen molar-refractivity contribution in [2.45, 2.75) is 50.4 Å². The van der Waals surface area contributed by atoms with Crippen LogP contribution < -0.4 is 0 Å². The Morgan fingerprint density at radius 2 is 0.929 bits per heavy atom. The predicted octanol–water partition coefficient (Wildman–Crippen LogP) is 7.94. The van der Waals surface area contributed by atoms with Crippen LogP contribution in [0.2, 0.25) is 0 Å². The Labute approximate surface area is 171 Å². The summed E-state index contributed by atoms with van der Waals surface area (Å²) in [6.45, 7) is 3.83. The first-order valence-corrected chi connectivity index (χ1v) is 10.7. The maximum atomic E-state index is 3.83. The summed E-state index contributed by atoms with van der Waals surface area (Å²) in [5, 5.41) is 0. The van der Waals surface area contributed by atoms with Crippen LogP contribution in [0.4, 0.5) is 0 Å².